The molecule has 0 bridgehead atoms. The second-order valence-electron chi connectivity index (χ2n) is 4.15. The fourth-order valence-electron chi connectivity index (χ4n) is 1.75. The fourth-order valence-corrected chi connectivity index (χ4v) is 1.94. The highest BCUT2D eigenvalue weighted by Crippen LogP contribution is 2.27. The minimum Gasteiger partial charge on any atom is -0.508 e. The van der Waals surface area contributed by atoms with Crippen molar-refractivity contribution in [3.63, 3.8) is 0 Å². The molecule has 0 heterocycles. The Kier molecular flexibility index (Phi) is 4.34. The number of nitriles is 1. The van der Waals surface area contributed by atoms with Crippen LogP contribution in [0.3, 0.4) is 0 Å². The third-order valence-corrected chi connectivity index (χ3v) is 3.18. The summed E-state index contributed by atoms with van der Waals surface area (Å²) < 4.78 is 5.11. The zero-order valence-corrected chi connectivity index (χ0v) is 11.6. The van der Waals surface area contributed by atoms with Crippen LogP contribution in [0, 0.1) is 11.3 Å². The van der Waals surface area contributed by atoms with E-state index >= 15 is 0 Å². The number of benzene rings is 2. The van der Waals surface area contributed by atoms with E-state index in [9.17, 15) is 5.11 Å². The first kappa shape index (κ1) is 14.0. The van der Waals surface area contributed by atoms with Gasteiger partial charge in [-0.25, -0.2) is 0 Å². The summed E-state index contributed by atoms with van der Waals surface area (Å²) >= 11 is 6.06. The molecular formula is C15H13ClN2O2. The molecule has 0 atom stereocenters. The van der Waals surface area contributed by atoms with Crippen LogP contribution in [0.4, 0.5) is 5.69 Å². The van der Waals surface area contributed by atoms with Gasteiger partial charge in [-0.3, -0.25) is 0 Å². The van der Waals surface area contributed by atoms with Gasteiger partial charge in [0.1, 0.15) is 11.5 Å². The summed E-state index contributed by atoms with van der Waals surface area (Å²) in [5, 5.41) is 22.3. The Hall–Kier alpha value is -2.38. The molecule has 102 valence electrons. The van der Waals surface area contributed by atoms with Crippen molar-refractivity contribution in [3.8, 4) is 17.6 Å². The highest BCUT2D eigenvalue weighted by molar-refractivity contribution is 6.33. The lowest BCUT2D eigenvalue weighted by Crippen LogP contribution is -2.01. The number of phenolic OH excluding ortho intramolecular Hbond substituents is 1. The molecule has 0 saturated heterocycles. The van der Waals surface area contributed by atoms with Gasteiger partial charge in [-0.2, -0.15) is 5.26 Å². The van der Waals surface area contributed by atoms with Gasteiger partial charge in [-0.1, -0.05) is 11.6 Å². The number of ether oxygens (including phenoxy) is 1. The molecule has 0 aliphatic carbocycles. The van der Waals surface area contributed by atoms with E-state index in [1.165, 1.54) is 0 Å². The third-order valence-electron chi connectivity index (χ3n) is 2.85. The van der Waals surface area contributed by atoms with Gasteiger partial charge in [0, 0.05) is 12.1 Å². The smallest absolute Gasteiger partial charge is 0.120 e. The van der Waals surface area contributed by atoms with Gasteiger partial charge < -0.3 is 15.2 Å². The van der Waals surface area contributed by atoms with Gasteiger partial charge in [0.15, 0.2) is 0 Å². The average molecular weight is 289 g/mol. The van der Waals surface area contributed by atoms with Crippen LogP contribution in [0.15, 0.2) is 36.4 Å². The number of halogens is 1. The minimum absolute atomic E-state index is 0.172. The SMILES string of the molecule is COc1ccc(O)c(CNc2cc(C#N)ccc2Cl)c1. The van der Waals surface area contributed by atoms with E-state index in [2.05, 4.69) is 11.4 Å². The molecule has 0 fully saturated rings. The van der Waals surface area contributed by atoms with Crippen molar-refractivity contribution in [2.45, 2.75) is 6.54 Å². The van der Waals surface area contributed by atoms with Crippen molar-refractivity contribution >= 4 is 17.3 Å². The van der Waals surface area contributed by atoms with Crippen molar-refractivity contribution in [2.24, 2.45) is 0 Å². The zero-order chi connectivity index (χ0) is 14.5. The molecule has 0 amide bonds. The lowest BCUT2D eigenvalue weighted by molar-refractivity contribution is 0.411. The van der Waals surface area contributed by atoms with Crippen molar-refractivity contribution in [1.29, 1.82) is 5.26 Å². The fraction of sp³-hybridized carbons (Fsp3) is 0.133. The summed E-state index contributed by atoms with van der Waals surface area (Å²) in [6, 6.07) is 12.0. The molecule has 0 aromatic heterocycles. The summed E-state index contributed by atoms with van der Waals surface area (Å²) in [6.45, 7) is 0.373. The number of methoxy groups -OCH3 is 1. The normalized spacial score (nSPS) is 9.85. The molecule has 0 unspecified atom stereocenters. The van der Waals surface area contributed by atoms with E-state index in [0.717, 1.165) is 0 Å². The minimum atomic E-state index is 0.172. The van der Waals surface area contributed by atoms with E-state index in [-0.39, 0.29) is 5.75 Å². The maximum atomic E-state index is 9.80. The Morgan fingerprint density at radius 2 is 2.10 bits per heavy atom. The van der Waals surface area contributed by atoms with E-state index < -0.39 is 0 Å². The van der Waals surface area contributed by atoms with Gasteiger partial charge in [-0.15, -0.1) is 0 Å². The lowest BCUT2D eigenvalue weighted by Gasteiger charge is -2.11. The van der Waals surface area contributed by atoms with Crippen LogP contribution in [-0.2, 0) is 6.54 Å². The number of hydrogen-bond acceptors (Lipinski definition) is 4. The standard InChI is InChI=1S/C15H13ClN2O2/c1-20-12-3-5-15(19)11(7-12)9-18-14-6-10(8-17)2-4-13(14)16/h2-7,18-19H,9H2,1H3. The molecule has 4 nitrogen and oxygen atoms in total. The largest absolute Gasteiger partial charge is 0.508 e. The van der Waals surface area contributed by atoms with Crippen molar-refractivity contribution in [2.75, 3.05) is 12.4 Å². The number of aromatic hydroxyl groups is 1. The molecule has 0 spiro atoms. The van der Waals surface area contributed by atoms with Crippen LogP contribution in [0.25, 0.3) is 0 Å². The number of nitrogens with one attached hydrogen (secondary N) is 1. The van der Waals surface area contributed by atoms with E-state index in [1.807, 2.05) is 0 Å². The Morgan fingerprint density at radius 1 is 1.30 bits per heavy atom. The highest BCUT2D eigenvalue weighted by Gasteiger charge is 2.06. The van der Waals surface area contributed by atoms with Gasteiger partial charge in [-0.05, 0) is 36.4 Å². The summed E-state index contributed by atoms with van der Waals surface area (Å²) in [7, 11) is 1.57. The maximum absolute atomic E-state index is 9.80. The molecule has 5 heteroatoms. The van der Waals surface area contributed by atoms with Crippen LogP contribution in [0.1, 0.15) is 11.1 Å². The molecule has 0 saturated carbocycles. The van der Waals surface area contributed by atoms with Gasteiger partial charge in [0.05, 0.1) is 29.5 Å². The van der Waals surface area contributed by atoms with Crippen molar-refractivity contribution < 1.29 is 9.84 Å². The first-order valence-electron chi connectivity index (χ1n) is 5.93. The van der Waals surface area contributed by atoms with E-state index in [1.54, 1.807) is 43.5 Å². The van der Waals surface area contributed by atoms with Gasteiger partial charge in [0.2, 0.25) is 0 Å². The quantitative estimate of drug-likeness (QED) is 0.903. The average Bonchev–Trinajstić information content (AvgIpc) is 2.48. The molecule has 0 aliphatic rings. The Morgan fingerprint density at radius 3 is 2.80 bits per heavy atom. The van der Waals surface area contributed by atoms with Crippen LogP contribution >= 0.6 is 11.6 Å². The third kappa shape index (κ3) is 3.14. The summed E-state index contributed by atoms with van der Waals surface area (Å²) in [6.07, 6.45) is 0. The molecule has 0 radical (unpaired) electrons. The van der Waals surface area contributed by atoms with Crippen LogP contribution in [0.2, 0.25) is 5.02 Å². The van der Waals surface area contributed by atoms with E-state index in [4.69, 9.17) is 21.6 Å². The number of rotatable bonds is 4. The predicted molar refractivity (Wildman–Crippen MR) is 78.2 cm³/mol. The molecule has 2 N–H and O–H groups in total. The van der Waals surface area contributed by atoms with Gasteiger partial charge >= 0.3 is 0 Å². The van der Waals surface area contributed by atoms with Crippen LogP contribution in [0.5, 0.6) is 11.5 Å². The highest BCUT2D eigenvalue weighted by atomic mass is 35.5. The lowest BCUT2D eigenvalue weighted by atomic mass is 10.1. The van der Waals surface area contributed by atoms with Gasteiger partial charge in [0.25, 0.3) is 0 Å². The monoisotopic (exact) mass is 288 g/mol. The second-order valence-corrected chi connectivity index (χ2v) is 4.56. The topological polar surface area (TPSA) is 65.3 Å². The maximum Gasteiger partial charge on any atom is 0.120 e. The molecule has 2 rings (SSSR count). The molecular weight excluding hydrogens is 276 g/mol. The second kappa shape index (κ2) is 6.18. The first-order chi connectivity index (χ1) is 9.63. The Balaban J connectivity index is 2.18. The van der Waals surface area contributed by atoms with Crippen LogP contribution < -0.4 is 10.1 Å². The van der Waals surface area contributed by atoms with E-state index in [0.29, 0.717) is 34.1 Å². The Labute approximate surface area is 122 Å². The molecule has 0 aliphatic heterocycles. The zero-order valence-electron chi connectivity index (χ0n) is 10.9. The number of hydrogen-bond donors (Lipinski definition) is 2. The molecule has 2 aromatic rings. The Bertz CT molecular complexity index is 665. The van der Waals surface area contributed by atoms with Crippen LogP contribution in [-0.4, -0.2) is 12.2 Å². The summed E-state index contributed by atoms with van der Waals surface area (Å²) in [5.74, 6) is 0.835. The molecule has 2 aromatic carbocycles. The summed E-state index contributed by atoms with van der Waals surface area (Å²) in [5.41, 5.74) is 1.85. The predicted octanol–water partition coefficient (Wildman–Crippen LogP) is 3.54. The molecule has 20 heavy (non-hydrogen) atoms. The first-order valence-corrected chi connectivity index (χ1v) is 6.31. The number of phenols is 1. The summed E-state index contributed by atoms with van der Waals surface area (Å²) in [4.78, 5) is 0. The van der Waals surface area contributed by atoms with Crippen molar-refractivity contribution in [1.82, 2.24) is 0 Å². The van der Waals surface area contributed by atoms with Crippen molar-refractivity contribution in [3.05, 3.63) is 52.5 Å². The number of anilines is 1. The number of nitrogens with zero attached hydrogens (tertiary/aromatic N) is 1.